The van der Waals surface area contributed by atoms with Crippen LogP contribution in [0.5, 0.6) is 0 Å². The molecule has 0 aliphatic heterocycles. The SMILES string of the molecule is CC(=O)c1ccncc1-c1c(C(N)=O)ccnc1Cl. The van der Waals surface area contributed by atoms with Gasteiger partial charge in [-0.05, 0) is 19.1 Å². The third-order valence-electron chi connectivity index (χ3n) is 2.64. The molecular formula is C13H10ClN3O2. The molecule has 0 unspecified atom stereocenters. The zero-order valence-electron chi connectivity index (χ0n) is 10.1. The maximum absolute atomic E-state index is 11.6. The van der Waals surface area contributed by atoms with Crippen molar-refractivity contribution in [3.8, 4) is 11.1 Å². The van der Waals surface area contributed by atoms with Crippen LogP contribution in [0.4, 0.5) is 0 Å². The van der Waals surface area contributed by atoms with Gasteiger partial charge in [0.1, 0.15) is 5.15 Å². The Labute approximate surface area is 114 Å². The van der Waals surface area contributed by atoms with Crippen LogP contribution in [0, 0.1) is 0 Å². The topological polar surface area (TPSA) is 85.9 Å². The minimum atomic E-state index is -0.641. The van der Waals surface area contributed by atoms with Crippen LogP contribution in [0.25, 0.3) is 11.1 Å². The van der Waals surface area contributed by atoms with Crippen LogP contribution in [0.2, 0.25) is 5.15 Å². The molecule has 0 atom stereocenters. The first kappa shape index (κ1) is 13.2. The minimum absolute atomic E-state index is 0.104. The van der Waals surface area contributed by atoms with Crippen LogP contribution < -0.4 is 5.73 Å². The zero-order valence-corrected chi connectivity index (χ0v) is 10.8. The number of hydrogen-bond acceptors (Lipinski definition) is 4. The van der Waals surface area contributed by atoms with Crippen LogP contribution in [0.1, 0.15) is 27.6 Å². The molecule has 0 saturated carbocycles. The Morgan fingerprint density at radius 2 is 1.89 bits per heavy atom. The second-order valence-electron chi connectivity index (χ2n) is 3.87. The van der Waals surface area contributed by atoms with E-state index >= 15 is 0 Å². The van der Waals surface area contributed by atoms with Crippen molar-refractivity contribution in [1.29, 1.82) is 0 Å². The summed E-state index contributed by atoms with van der Waals surface area (Å²) >= 11 is 6.03. The Kier molecular flexibility index (Phi) is 3.57. The van der Waals surface area contributed by atoms with Gasteiger partial charge in [-0.15, -0.1) is 0 Å². The lowest BCUT2D eigenvalue weighted by atomic mass is 9.97. The van der Waals surface area contributed by atoms with E-state index in [1.54, 1.807) is 6.07 Å². The highest BCUT2D eigenvalue weighted by Crippen LogP contribution is 2.31. The number of carbonyl (C=O) groups excluding carboxylic acids is 2. The van der Waals surface area contributed by atoms with Crippen molar-refractivity contribution in [2.24, 2.45) is 5.73 Å². The molecule has 5 nitrogen and oxygen atoms in total. The number of halogens is 1. The van der Waals surface area contributed by atoms with E-state index in [4.69, 9.17) is 17.3 Å². The molecule has 0 aliphatic carbocycles. The van der Waals surface area contributed by atoms with Gasteiger partial charge < -0.3 is 5.73 Å². The van der Waals surface area contributed by atoms with Gasteiger partial charge in [0.25, 0.3) is 0 Å². The van der Waals surface area contributed by atoms with E-state index in [0.717, 1.165) is 0 Å². The van der Waals surface area contributed by atoms with Gasteiger partial charge in [-0.3, -0.25) is 14.6 Å². The Morgan fingerprint density at radius 3 is 2.53 bits per heavy atom. The van der Waals surface area contributed by atoms with Crippen molar-refractivity contribution in [2.75, 3.05) is 0 Å². The van der Waals surface area contributed by atoms with Crippen LogP contribution in [-0.4, -0.2) is 21.7 Å². The second kappa shape index (κ2) is 5.16. The molecule has 96 valence electrons. The van der Waals surface area contributed by atoms with Gasteiger partial charge in [0.15, 0.2) is 5.78 Å². The Bertz CT molecular complexity index is 671. The minimum Gasteiger partial charge on any atom is -0.366 e. The monoisotopic (exact) mass is 275 g/mol. The molecule has 0 spiro atoms. The maximum Gasteiger partial charge on any atom is 0.249 e. The Hall–Kier alpha value is -2.27. The summed E-state index contributed by atoms with van der Waals surface area (Å²) in [4.78, 5) is 31.0. The van der Waals surface area contributed by atoms with Crippen LogP contribution in [0.15, 0.2) is 30.7 Å². The number of primary amides is 1. The molecule has 6 heteroatoms. The zero-order chi connectivity index (χ0) is 14.0. The summed E-state index contributed by atoms with van der Waals surface area (Å²) in [7, 11) is 0. The first-order chi connectivity index (χ1) is 9.02. The molecule has 1 amide bonds. The summed E-state index contributed by atoms with van der Waals surface area (Å²) in [6.07, 6.45) is 4.34. The number of amides is 1. The molecule has 0 saturated heterocycles. The van der Waals surface area contributed by atoms with Gasteiger partial charge in [0, 0.05) is 35.3 Å². The van der Waals surface area contributed by atoms with Crippen molar-refractivity contribution in [2.45, 2.75) is 6.92 Å². The predicted molar refractivity (Wildman–Crippen MR) is 71.0 cm³/mol. The smallest absolute Gasteiger partial charge is 0.249 e. The molecule has 0 aliphatic rings. The molecule has 0 bridgehead atoms. The first-order valence-corrected chi connectivity index (χ1v) is 5.79. The lowest BCUT2D eigenvalue weighted by Crippen LogP contribution is -2.13. The summed E-state index contributed by atoms with van der Waals surface area (Å²) in [6, 6.07) is 3.02. The molecular weight excluding hydrogens is 266 g/mol. The van der Waals surface area contributed by atoms with Crippen molar-refractivity contribution < 1.29 is 9.59 Å². The number of hydrogen-bond donors (Lipinski definition) is 1. The lowest BCUT2D eigenvalue weighted by Gasteiger charge is -2.11. The highest BCUT2D eigenvalue weighted by atomic mass is 35.5. The van der Waals surface area contributed by atoms with Gasteiger partial charge in [-0.25, -0.2) is 4.98 Å². The quantitative estimate of drug-likeness (QED) is 0.686. The molecule has 0 radical (unpaired) electrons. The van der Waals surface area contributed by atoms with Gasteiger partial charge in [-0.2, -0.15) is 0 Å². The number of ketones is 1. The molecule has 19 heavy (non-hydrogen) atoms. The maximum atomic E-state index is 11.6. The molecule has 2 rings (SSSR count). The third-order valence-corrected chi connectivity index (χ3v) is 2.93. The van der Waals surface area contributed by atoms with Gasteiger partial charge in [0.05, 0.1) is 5.56 Å². The molecule has 0 aromatic carbocycles. The lowest BCUT2D eigenvalue weighted by molar-refractivity contribution is 0.0995. The fourth-order valence-electron chi connectivity index (χ4n) is 1.80. The van der Waals surface area contributed by atoms with Crippen molar-refractivity contribution in [1.82, 2.24) is 9.97 Å². The van der Waals surface area contributed by atoms with Gasteiger partial charge in [0.2, 0.25) is 5.91 Å². The predicted octanol–water partition coefficient (Wildman–Crippen LogP) is 2.10. The largest absolute Gasteiger partial charge is 0.366 e. The number of Topliss-reactive ketones (excluding diaryl/α,β-unsaturated/α-hetero) is 1. The number of aromatic nitrogens is 2. The molecule has 2 N–H and O–H groups in total. The Balaban J connectivity index is 2.79. The first-order valence-electron chi connectivity index (χ1n) is 5.42. The molecule has 2 aromatic rings. The van der Waals surface area contributed by atoms with Crippen LogP contribution >= 0.6 is 11.6 Å². The molecule has 2 aromatic heterocycles. The van der Waals surface area contributed by atoms with E-state index in [2.05, 4.69) is 9.97 Å². The number of nitrogens with two attached hydrogens (primary N) is 1. The van der Waals surface area contributed by atoms with E-state index in [0.29, 0.717) is 16.7 Å². The van der Waals surface area contributed by atoms with Crippen molar-refractivity contribution in [3.05, 3.63) is 47.0 Å². The average Bonchev–Trinajstić information content (AvgIpc) is 2.38. The van der Waals surface area contributed by atoms with E-state index < -0.39 is 5.91 Å². The van der Waals surface area contributed by atoms with E-state index in [-0.39, 0.29) is 16.5 Å². The summed E-state index contributed by atoms with van der Waals surface area (Å²) in [5.74, 6) is -0.801. The number of nitrogens with zero attached hydrogens (tertiary/aromatic N) is 2. The fraction of sp³-hybridized carbons (Fsp3) is 0.0769. The third kappa shape index (κ3) is 2.46. The van der Waals surface area contributed by atoms with Crippen LogP contribution in [-0.2, 0) is 0 Å². The number of pyridine rings is 2. The van der Waals surface area contributed by atoms with Crippen molar-refractivity contribution in [3.63, 3.8) is 0 Å². The average molecular weight is 276 g/mol. The summed E-state index contributed by atoms with van der Waals surface area (Å²) in [5.41, 5.74) is 6.70. The normalized spacial score (nSPS) is 10.2. The van der Waals surface area contributed by atoms with Gasteiger partial charge in [-0.1, -0.05) is 11.6 Å². The summed E-state index contributed by atoms with van der Waals surface area (Å²) < 4.78 is 0. The van der Waals surface area contributed by atoms with Gasteiger partial charge >= 0.3 is 0 Å². The second-order valence-corrected chi connectivity index (χ2v) is 4.22. The number of carbonyl (C=O) groups is 2. The molecule has 0 fully saturated rings. The summed E-state index contributed by atoms with van der Waals surface area (Å²) in [6.45, 7) is 1.42. The van der Waals surface area contributed by atoms with Crippen molar-refractivity contribution >= 4 is 23.3 Å². The van der Waals surface area contributed by atoms with E-state index in [1.807, 2.05) is 0 Å². The van der Waals surface area contributed by atoms with Crippen LogP contribution in [0.3, 0.4) is 0 Å². The Morgan fingerprint density at radius 1 is 1.21 bits per heavy atom. The number of rotatable bonds is 3. The fourth-order valence-corrected chi connectivity index (χ4v) is 2.06. The highest BCUT2D eigenvalue weighted by molar-refractivity contribution is 6.33. The molecule has 2 heterocycles. The summed E-state index contributed by atoms with van der Waals surface area (Å²) in [5, 5.41) is 0.104. The van der Waals surface area contributed by atoms with E-state index in [9.17, 15) is 9.59 Å². The highest BCUT2D eigenvalue weighted by Gasteiger charge is 2.19. The standard InChI is InChI=1S/C13H10ClN3O2/c1-7(18)8-2-4-16-6-10(8)11-9(13(15)19)3-5-17-12(11)14/h2-6H,1H3,(H2,15,19). The van der Waals surface area contributed by atoms with E-state index in [1.165, 1.54) is 31.6 Å².